The monoisotopic (exact) mass is 274 g/mol. The van der Waals surface area contributed by atoms with Gasteiger partial charge in [-0.15, -0.1) is 0 Å². The van der Waals surface area contributed by atoms with Gasteiger partial charge in [-0.05, 0) is 19.1 Å². The van der Waals surface area contributed by atoms with E-state index >= 15 is 0 Å². The Balaban J connectivity index is 2.14. The summed E-state index contributed by atoms with van der Waals surface area (Å²) < 4.78 is 5.61. The van der Waals surface area contributed by atoms with E-state index in [-0.39, 0.29) is 18.9 Å². The third-order valence-electron chi connectivity index (χ3n) is 3.09. The van der Waals surface area contributed by atoms with Crippen LogP contribution >= 0.6 is 0 Å². The number of benzene rings is 1. The Kier molecular flexibility index (Phi) is 4.53. The molecule has 5 heteroatoms. The first-order chi connectivity index (χ1) is 9.61. The fourth-order valence-corrected chi connectivity index (χ4v) is 1.85. The molecule has 1 aromatic carbocycles. The summed E-state index contributed by atoms with van der Waals surface area (Å²) in [6.07, 6.45) is 0.179. The Morgan fingerprint density at radius 2 is 2.05 bits per heavy atom. The fourth-order valence-electron chi connectivity index (χ4n) is 1.85. The quantitative estimate of drug-likeness (QED) is 0.900. The molecule has 0 aliphatic carbocycles. The van der Waals surface area contributed by atoms with Crippen molar-refractivity contribution in [3.63, 3.8) is 0 Å². The Morgan fingerprint density at radius 3 is 2.70 bits per heavy atom. The third-order valence-corrected chi connectivity index (χ3v) is 3.09. The molecule has 2 rings (SSSR count). The van der Waals surface area contributed by atoms with Crippen LogP contribution in [0.25, 0.3) is 11.5 Å². The number of hydrogen-bond acceptors (Lipinski definition) is 4. The molecule has 0 fully saturated rings. The Bertz CT molecular complexity index is 578. The minimum atomic E-state index is -0.0879. The molecule has 1 aromatic heterocycles. The first-order valence-corrected chi connectivity index (χ1v) is 6.48. The number of hydrogen-bond donors (Lipinski definition) is 1. The number of rotatable bonds is 5. The molecule has 106 valence electrons. The number of carbonyl (C=O) groups excluding carboxylic acids is 1. The molecule has 0 saturated carbocycles. The first-order valence-electron chi connectivity index (χ1n) is 6.48. The standard InChI is InChI=1S/C15H18N2O3/c1-11-13(10-14(19)17(2)8-9-18)16-15(20-11)12-6-4-3-5-7-12/h3-7,18H,8-10H2,1-2H3. The lowest BCUT2D eigenvalue weighted by molar-refractivity contribution is -0.129. The molecule has 20 heavy (non-hydrogen) atoms. The predicted octanol–water partition coefficient (Wildman–Crippen LogP) is 1.64. The van der Waals surface area contributed by atoms with E-state index < -0.39 is 0 Å². The summed E-state index contributed by atoms with van der Waals surface area (Å²) in [7, 11) is 1.66. The Hall–Kier alpha value is -2.14. The predicted molar refractivity (Wildman–Crippen MR) is 75.1 cm³/mol. The minimum Gasteiger partial charge on any atom is -0.441 e. The lowest BCUT2D eigenvalue weighted by Crippen LogP contribution is -2.31. The molecular weight excluding hydrogens is 256 g/mol. The normalized spacial score (nSPS) is 10.6. The van der Waals surface area contributed by atoms with Gasteiger partial charge in [-0.2, -0.15) is 0 Å². The summed E-state index contributed by atoms with van der Waals surface area (Å²) in [6, 6.07) is 9.57. The molecule has 0 radical (unpaired) electrons. The first kappa shape index (κ1) is 14.3. The van der Waals surface area contributed by atoms with Crippen LogP contribution in [-0.4, -0.2) is 41.1 Å². The SMILES string of the molecule is Cc1oc(-c2ccccc2)nc1CC(=O)N(C)CCO. The lowest BCUT2D eigenvalue weighted by Gasteiger charge is -2.14. The highest BCUT2D eigenvalue weighted by atomic mass is 16.4. The van der Waals surface area contributed by atoms with Crippen LogP contribution < -0.4 is 0 Å². The molecule has 1 N–H and O–H groups in total. The number of carbonyl (C=O) groups is 1. The van der Waals surface area contributed by atoms with E-state index in [2.05, 4.69) is 4.98 Å². The molecule has 1 heterocycles. The second kappa shape index (κ2) is 6.34. The van der Waals surface area contributed by atoms with Crippen LogP contribution in [0.5, 0.6) is 0 Å². The van der Waals surface area contributed by atoms with E-state index in [0.29, 0.717) is 23.9 Å². The third kappa shape index (κ3) is 3.24. The van der Waals surface area contributed by atoms with Crippen LogP contribution in [-0.2, 0) is 11.2 Å². The van der Waals surface area contributed by atoms with Gasteiger partial charge in [0.1, 0.15) is 5.76 Å². The van der Waals surface area contributed by atoms with E-state index in [1.54, 1.807) is 14.0 Å². The van der Waals surface area contributed by atoms with Gasteiger partial charge in [0.25, 0.3) is 0 Å². The maximum atomic E-state index is 11.9. The number of oxazole rings is 1. The maximum absolute atomic E-state index is 11.9. The zero-order valence-corrected chi connectivity index (χ0v) is 11.7. The topological polar surface area (TPSA) is 66.6 Å². The summed E-state index contributed by atoms with van der Waals surface area (Å²) in [6.45, 7) is 2.07. The number of aryl methyl sites for hydroxylation is 1. The molecule has 2 aromatic rings. The lowest BCUT2D eigenvalue weighted by atomic mass is 10.2. The summed E-state index contributed by atoms with van der Waals surface area (Å²) in [4.78, 5) is 17.8. The molecule has 0 aliphatic rings. The second-order valence-corrected chi connectivity index (χ2v) is 4.60. The smallest absolute Gasteiger partial charge is 0.228 e. The van der Waals surface area contributed by atoms with Crippen molar-refractivity contribution in [2.75, 3.05) is 20.2 Å². The van der Waals surface area contributed by atoms with E-state index in [1.807, 2.05) is 30.3 Å². The van der Waals surface area contributed by atoms with Crippen molar-refractivity contribution in [3.8, 4) is 11.5 Å². The van der Waals surface area contributed by atoms with Crippen molar-refractivity contribution in [3.05, 3.63) is 41.8 Å². The van der Waals surface area contributed by atoms with Crippen LogP contribution in [0, 0.1) is 6.92 Å². The summed E-state index contributed by atoms with van der Waals surface area (Å²) >= 11 is 0. The number of aliphatic hydroxyl groups is 1. The summed E-state index contributed by atoms with van der Waals surface area (Å²) in [5.41, 5.74) is 1.52. The van der Waals surface area contributed by atoms with Gasteiger partial charge in [0.05, 0.1) is 18.7 Å². The van der Waals surface area contributed by atoms with Crippen molar-refractivity contribution in [1.82, 2.24) is 9.88 Å². The zero-order valence-electron chi connectivity index (χ0n) is 11.7. The second-order valence-electron chi connectivity index (χ2n) is 4.60. The molecule has 5 nitrogen and oxygen atoms in total. The molecule has 0 aliphatic heterocycles. The van der Waals surface area contributed by atoms with Crippen molar-refractivity contribution >= 4 is 5.91 Å². The zero-order chi connectivity index (χ0) is 14.5. The van der Waals surface area contributed by atoms with Crippen molar-refractivity contribution < 1.29 is 14.3 Å². The van der Waals surface area contributed by atoms with Gasteiger partial charge < -0.3 is 14.4 Å². The minimum absolute atomic E-state index is 0.0463. The van der Waals surface area contributed by atoms with Gasteiger partial charge in [0.15, 0.2) is 0 Å². The van der Waals surface area contributed by atoms with Crippen molar-refractivity contribution in [2.24, 2.45) is 0 Å². The highest BCUT2D eigenvalue weighted by molar-refractivity contribution is 5.78. The van der Waals surface area contributed by atoms with E-state index in [4.69, 9.17) is 9.52 Å². The molecule has 0 atom stereocenters. The van der Waals surface area contributed by atoms with Crippen LogP contribution in [0.15, 0.2) is 34.7 Å². The molecule has 0 unspecified atom stereocenters. The molecular formula is C15H18N2O3. The number of aromatic nitrogens is 1. The van der Waals surface area contributed by atoms with Crippen molar-refractivity contribution in [1.29, 1.82) is 0 Å². The van der Waals surface area contributed by atoms with Gasteiger partial charge >= 0.3 is 0 Å². The van der Waals surface area contributed by atoms with Gasteiger partial charge in [-0.3, -0.25) is 4.79 Å². The van der Waals surface area contributed by atoms with Gasteiger partial charge in [0, 0.05) is 19.2 Å². The van der Waals surface area contributed by atoms with Crippen LogP contribution in [0.3, 0.4) is 0 Å². The average Bonchev–Trinajstić information content (AvgIpc) is 2.81. The van der Waals surface area contributed by atoms with E-state index in [1.165, 1.54) is 4.90 Å². The molecule has 1 amide bonds. The fraction of sp³-hybridized carbons (Fsp3) is 0.333. The van der Waals surface area contributed by atoms with Gasteiger partial charge in [-0.1, -0.05) is 18.2 Å². The highest BCUT2D eigenvalue weighted by Gasteiger charge is 2.16. The summed E-state index contributed by atoms with van der Waals surface area (Å²) in [5, 5.41) is 8.83. The average molecular weight is 274 g/mol. The number of aliphatic hydroxyl groups excluding tert-OH is 1. The summed E-state index contributed by atoms with van der Waals surface area (Å²) in [5.74, 6) is 1.08. The number of likely N-dealkylation sites (N-methyl/N-ethyl adjacent to an activating group) is 1. The molecule has 0 bridgehead atoms. The van der Waals surface area contributed by atoms with Crippen LogP contribution in [0.1, 0.15) is 11.5 Å². The number of nitrogens with zero attached hydrogens (tertiary/aromatic N) is 2. The van der Waals surface area contributed by atoms with E-state index in [9.17, 15) is 4.79 Å². The van der Waals surface area contributed by atoms with E-state index in [0.717, 1.165) is 5.56 Å². The molecule has 0 spiro atoms. The Labute approximate surface area is 117 Å². The Morgan fingerprint density at radius 1 is 1.35 bits per heavy atom. The maximum Gasteiger partial charge on any atom is 0.228 e. The van der Waals surface area contributed by atoms with Gasteiger partial charge in [0.2, 0.25) is 11.8 Å². The van der Waals surface area contributed by atoms with Crippen LogP contribution in [0.4, 0.5) is 0 Å². The number of amides is 1. The molecule has 0 saturated heterocycles. The van der Waals surface area contributed by atoms with Crippen molar-refractivity contribution in [2.45, 2.75) is 13.3 Å². The largest absolute Gasteiger partial charge is 0.441 e. The van der Waals surface area contributed by atoms with Gasteiger partial charge in [-0.25, -0.2) is 4.98 Å². The van der Waals surface area contributed by atoms with Crippen LogP contribution in [0.2, 0.25) is 0 Å². The highest BCUT2D eigenvalue weighted by Crippen LogP contribution is 2.21.